The maximum Gasteiger partial charge on any atom is -0.00928 e. The quantitative estimate of drug-likeness (QED) is 0.517. The van der Waals surface area contributed by atoms with Gasteiger partial charge >= 0.3 is 0 Å². The average molecular weight is 203 g/mol. The second-order valence-corrected chi connectivity index (χ2v) is 3.84. The molecule has 0 bridgehead atoms. The highest BCUT2D eigenvalue weighted by Crippen LogP contribution is 2.20. The van der Waals surface area contributed by atoms with Gasteiger partial charge in [0.15, 0.2) is 0 Å². The molecular weight excluding hydrogens is 192 g/mol. The SMILES string of the molecule is [C]1=Cc2ccccc2C=Cc2ccccc21. The van der Waals surface area contributed by atoms with Crippen molar-refractivity contribution < 1.29 is 0 Å². The van der Waals surface area contributed by atoms with Crippen LogP contribution < -0.4 is 0 Å². The van der Waals surface area contributed by atoms with E-state index in [1.54, 1.807) is 0 Å². The summed E-state index contributed by atoms with van der Waals surface area (Å²) in [6.07, 6.45) is 9.70. The minimum Gasteiger partial charge on any atom is -0.0616 e. The smallest absolute Gasteiger partial charge is 0.00928 e. The van der Waals surface area contributed by atoms with Gasteiger partial charge in [0.25, 0.3) is 0 Å². The molecule has 1 radical (unpaired) electrons. The van der Waals surface area contributed by atoms with Crippen LogP contribution in [0.25, 0.3) is 18.2 Å². The number of fused-ring (bicyclic) bond motifs is 2. The Morgan fingerprint density at radius 2 is 1.25 bits per heavy atom. The van der Waals surface area contributed by atoms with E-state index in [9.17, 15) is 0 Å². The fraction of sp³-hybridized carbons (Fsp3) is 0. The van der Waals surface area contributed by atoms with Crippen LogP contribution in [-0.4, -0.2) is 0 Å². The van der Waals surface area contributed by atoms with E-state index in [1.807, 2.05) is 6.07 Å². The Morgan fingerprint density at radius 1 is 0.625 bits per heavy atom. The molecule has 0 amide bonds. The molecule has 0 spiro atoms. The van der Waals surface area contributed by atoms with Crippen LogP contribution in [0.1, 0.15) is 22.3 Å². The van der Waals surface area contributed by atoms with E-state index in [2.05, 4.69) is 66.8 Å². The second-order valence-electron chi connectivity index (χ2n) is 3.84. The van der Waals surface area contributed by atoms with Crippen molar-refractivity contribution in [3.8, 4) is 0 Å². The molecule has 3 rings (SSSR count). The molecule has 75 valence electrons. The van der Waals surface area contributed by atoms with Gasteiger partial charge in [-0.3, -0.25) is 0 Å². The molecule has 0 nitrogen and oxygen atoms in total. The molecule has 0 aliphatic heterocycles. The van der Waals surface area contributed by atoms with Crippen molar-refractivity contribution in [2.75, 3.05) is 0 Å². The predicted molar refractivity (Wildman–Crippen MR) is 68.6 cm³/mol. The molecule has 0 unspecified atom stereocenters. The molecule has 0 heterocycles. The van der Waals surface area contributed by atoms with Crippen molar-refractivity contribution in [2.45, 2.75) is 0 Å². The van der Waals surface area contributed by atoms with E-state index in [-0.39, 0.29) is 0 Å². The molecule has 16 heavy (non-hydrogen) atoms. The lowest BCUT2D eigenvalue weighted by Gasteiger charge is -2.06. The van der Waals surface area contributed by atoms with E-state index in [0.29, 0.717) is 0 Å². The molecule has 0 heteroatoms. The zero-order chi connectivity index (χ0) is 10.8. The van der Waals surface area contributed by atoms with Crippen molar-refractivity contribution in [3.05, 3.63) is 76.9 Å². The lowest BCUT2D eigenvalue weighted by atomic mass is 9.99. The molecule has 0 fully saturated rings. The highest BCUT2D eigenvalue weighted by Gasteiger charge is 2.01. The molecule has 0 saturated carbocycles. The van der Waals surface area contributed by atoms with E-state index in [0.717, 1.165) is 5.56 Å². The van der Waals surface area contributed by atoms with Crippen LogP contribution in [0.2, 0.25) is 0 Å². The predicted octanol–water partition coefficient (Wildman–Crippen LogP) is 4.04. The van der Waals surface area contributed by atoms with Crippen LogP contribution in [0.15, 0.2) is 48.5 Å². The van der Waals surface area contributed by atoms with Crippen molar-refractivity contribution in [2.24, 2.45) is 0 Å². The highest BCUT2D eigenvalue weighted by molar-refractivity contribution is 5.78. The summed E-state index contributed by atoms with van der Waals surface area (Å²) in [5.41, 5.74) is 4.82. The number of rotatable bonds is 0. The van der Waals surface area contributed by atoms with E-state index < -0.39 is 0 Å². The first-order valence-corrected chi connectivity index (χ1v) is 5.39. The van der Waals surface area contributed by atoms with E-state index >= 15 is 0 Å². The number of benzene rings is 2. The molecule has 0 N–H and O–H groups in total. The fourth-order valence-corrected chi connectivity index (χ4v) is 1.90. The Labute approximate surface area is 95.6 Å². The Kier molecular flexibility index (Phi) is 2.19. The zero-order valence-corrected chi connectivity index (χ0v) is 8.85. The topological polar surface area (TPSA) is 0 Å². The lowest BCUT2D eigenvalue weighted by molar-refractivity contribution is 1.52. The van der Waals surface area contributed by atoms with Gasteiger partial charge in [-0.1, -0.05) is 60.7 Å². The first-order valence-electron chi connectivity index (χ1n) is 5.39. The van der Waals surface area contributed by atoms with E-state index in [4.69, 9.17) is 0 Å². The van der Waals surface area contributed by atoms with Gasteiger partial charge in [0, 0.05) is 0 Å². The standard InChI is InChI=1S/C16H11/c1-2-6-14-11-12-16-8-4-3-7-15(16)10-9-13(14)5-1/h1-11H. The maximum absolute atomic E-state index is 3.35. The zero-order valence-electron chi connectivity index (χ0n) is 8.85. The summed E-state index contributed by atoms with van der Waals surface area (Å²) in [5, 5.41) is 0. The van der Waals surface area contributed by atoms with Crippen molar-refractivity contribution in [3.63, 3.8) is 0 Å². The molecule has 0 aromatic heterocycles. The summed E-state index contributed by atoms with van der Waals surface area (Å²) < 4.78 is 0. The van der Waals surface area contributed by atoms with Gasteiger partial charge in [-0.05, 0) is 34.4 Å². The Bertz CT molecular complexity index is 471. The Balaban J connectivity index is 2.18. The highest BCUT2D eigenvalue weighted by atomic mass is 14.0. The van der Waals surface area contributed by atoms with Gasteiger partial charge in [-0.25, -0.2) is 0 Å². The van der Waals surface area contributed by atoms with Gasteiger partial charge in [-0.15, -0.1) is 0 Å². The summed E-state index contributed by atoms with van der Waals surface area (Å²) in [4.78, 5) is 0. The number of hydrogen-bond donors (Lipinski definition) is 0. The maximum atomic E-state index is 3.35. The Hall–Kier alpha value is -2.08. The van der Waals surface area contributed by atoms with Gasteiger partial charge in [0.2, 0.25) is 0 Å². The van der Waals surface area contributed by atoms with Crippen LogP contribution in [0.3, 0.4) is 0 Å². The van der Waals surface area contributed by atoms with Crippen LogP contribution in [-0.2, 0) is 0 Å². The van der Waals surface area contributed by atoms with Crippen LogP contribution in [0.4, 0.5) is 0 Å². The average Bonchev–Trinajstić information content (AvgIpc) is 2.32. The molecule has 2 aromatic rings. The summed E-state index contributed by atoms with van der Waals surface area (Å²) in [6, 6.07) is 16.6. The van der Waals surface area contributed by atoms with Crippen LogP contribution in [0, 0.1) is 6.08 Å². The van der Waals surface area contributed by atoms with Gasteiger partial charge in [0.05, 0.1) is 0 Å². The molecule has 2 aromatic carbocycles. The summed E-state index contributed by atoms with van der Waals surface area (Å²) in [5.74, 6) is 0. The number of hydrogen-bond acceptors (Lipinski definition) is 0. The third-order valence-electron chi connectivity index (χ3n) is 2.78. The largest absolute Gasteiger partial charge is 0.0616 e. The normalized spacial score (nSPS) is 12.5. The monoisotopic (exact) mass is 203 g/mol. The second kappa shape index (κ2) is 3.82. The van der Waals surface area contributed by atoms with Crippen LogP contribution >= 0.6 is 0 Å². The third-order valence-corrected chi connectivity index (χ3v) is 2.78. The first-order chi connectivity index (χ1) is 7.93. The minimum absolute atomic E-state index is 1.15. The van der Waals surface area contributed by atoms with Crippen molar-refractivity contribution >= 4 is 18.2 Å². The van der Waals surface area contributed by atoms with Crippen molar-refractivity contribution in [1.29, 1.82) is 0 Å². The summed E-state index contributed by atoms with van der Waals surface area (Å²) >= 11 is 0. The Morgan fingerprint density at radius 3 is 2.12 bits per heavy atom. The molecular formula is C16H11. The lowest BCUT2D eigenvalue weighted by Crippen LogP contribution is -1.86. The summed E-state index contributed by atoms with van der Waals surface area (Å²) in [6.45, 7) is 0. The minimum atomic E-state index is 1.15. The van der Waals surface area contributed by atoms with E-state index in [1.165, 1.54) is 16.7 Å². The third kappa shape index (κ3) is 1.59. The first kappa shape index (κ1) is 9.17. The molecule has 0 atom stereocenters. The van der Waals surface area contributed by atoms with Gasteiger partial charge in [-0.2, -0.15) is 0 Å². The van der Waals surface area contributed by atoms with Crippen molar-refractivity contribution in [1.82, 2.24) is 0 Å². The molecule has 1 aliphatic rings. The molecule has 1 aliphatic carbocycles. The van der Waals surface area contributed by atoms with Gasteiger partial charge < -0.3 is 0 Å². The fourth-order valence-electron chi connectivity index (χ4n) is 1.90. The van der Waals surface area contributed by atoms with Crippen LogP contribution in [0.5, 0.6) is 0 Å². The van der Waals surface area contributed by atoms with Gasteiger partial charge in [0.1, 0.15) is 0 Å². The molecule has 0 saturated heterocycles. The summed E-state index contributed by atoms with van der Waals surface area (Å²) in [7, 11) is 0.